The van der Waals surface area contributed by atoms with E-state index in [1.807, 2.05) is 0 Å². The number of carbonyl (C=O) groups is 3. The van der Waals surface area contributed by atoms with Crippen molar-refractivity contribution in [1.82, 2.24) is 0 Å². The maximum absolute atomic E-state index is 12.8. The van der Waals surface area contributed by atoms with Crippen LogP contribution in [0.3, 0.4) is 0 Å². The molecule has 0 aromatic rings. The molecule has 0 aromatic heterocycles. The van der Waals surface area contributed by atoms with E-state index < -0.39 is 6.10 Å². The van der Waals surface area contributed by atoms with Crippen LogP contribution in [0.4, 0.5) is 0 Å². The lowest BCUT2D eigenvalue weighted by Crippen LogP contribution is -2.30. The molecule has 0 aliphatic heterocycles. The summed E-state index contributed by atoms with van der Waals surface area (Å²) in [5.41, 5.74) is 0. The van der Waals surface area contributed by atoms with Crippen molar-refractivity contribution in [3.05, 3.63) is 48.6 Å². The van der Waals surface area contributed by atoms with E-state index in [4.69, 9.17) is 14.2 Å². The molecule has 0 spiro atoms. The molecule has 63 heavy (non-hydrogen) atoms. The molecule has 0 N–H and O–H groups in total. The van der Waals surface area contributed by atoms with Crippen molar-refractivity contribution in [1.29, 1.82) is 0 Å². The molecule has 366 valence electrons. The summed E-state index contributed by atoms with van der Waals surface area (Å²) in [6.07, 6.45) is 62.4. The van der Waals surface area contributed by atoms with Gasteiger partial charge in [0.15, 0.2) is 6.10 Å². The highest BCUT2D eigenvalue weighted by molar-refractivity contribution is 5.71. The highest BCUT2D eigenvalue weighted by Crippen LogP contribution is 2.15. The fraction of sp³-hybridized carbons (Fsp3) is 0.807. The maximum atomic E-state index is 12.8. The maximum Gasteiger partial charge on any atom is 0.306 e. The Labute approximate surface area is 390 Å². The standard InChI is InChI=1S/C57H102O6/c1-4-7-10-13-16-19-22-24-26-27-28-29-31-32-35-38-41-44-47-50-56(59)62-53-54(52-61-55(58)49-46-43-40-37-34-21-18-15-12-9-6-3)63-57(60)51-48-45-42-39-36-33-30-25-23-20-17-14-11-8-5-2/h17,20,25,27-28,30,36,39,54H,4-16,18-19,21-24,26,29,31-35,37-38,40-53H2,1-3H3/b20-17-,28-27-,30-25-,39-36-/t54-/m1/s1. The predicted octanol–water partition coefficient (Wildman–Crippen LogP) is 17.9. The molecule has 6 heteroatoms. The number of rotatable bonds is 49. The van der Waals surface area contributed by atoms with Gasteiger partial charge >= 0.3 is 17.9 Å². The molecule has 0 radical (unpaired) electrons. The van der Waals surface area contributed by atoms with Gasteiger partial charge in [0.25, 0.3) is 0 Å². The average molecular weight is 883 g/mol. The van der Waals surface area contributed by atoms with Crippen LogP contribution in [0.25, 0.3) is 0 Å². The lowest BCUT2D eigenvalue weighted by atomic mass is 10.1. The van der Waals surface area contributed by atoms with Crippen molar-refractivity contribution in [3.8, 4) is 0 Å². The fourth-order valence-electron chi connectivity index (χ4n) is 7.68. The first-order valence-electron chi connectivity index (χ1n) is 27.1. The van der Waals surface area contributed by atoms with Crippen LogP contribution in [-0.4, -0.2) is 37.2 Å². The molecule has 1 atom stereocenters. The SMILES string of the molecule is CCCCC/C=C\C/C=C\C/C=C\CCCCC(=O)O[C@@H](COC(=O)CCCCCCCCC/C=C\CCCCCCCCCC)COC(=O)CCCCCCCCCCCCC. The van der Waals surface area contributed by atoms with Crippen molar-refractivity contribution in [2.45, 2.75) is 284 Å². The number of hydrogen-bond acceptors (Lipinski definition) is 6. The Balaban J connectivity index is 4.37. The summed E-state index contributed by atoms with van der Waals surface area (Å²) < 4.78 is 16.8. The number of esters is 3. The molecule has 0 bridgehead atoms. The largest absolute Gasteiger partial charge is 0.462 e. The summed E-state index contributed by atoms with van der Waals surface area (Å²) in [7, 11) is 0. The fourth-order valence-corrected chi connectivity index (χ4v) is 7.68. The summed E-state index contributed by atoms with van der Waals surface area (Å²) in [6.45, 7) is 6.59. The molecule has 0 fully saturated rings. The van der Waals surface area contributed by atoms with Gasteiger partial charge in [-0.3, -0.25) is 14.4 Å². The summed E-state index contributed by atoms with van der Waals surface area (Å²) in [5.74, 6) is -0.922. The molecule has 0 saturated carbocycles. The van der Waals surface area contributed by atoms with Gasteiger partial charge in [-0.2, -0.15) is 0 Å². The van der Waals surface area contributed by atoms with E-state index in [0.717, 1.165) is 64.2 Å². The first-order chi connectivity index (χ1) is 31.0. The first-order valence-corrected chi connectivity index (χ1v) is 27.1. The van der Waals surface area contributed by atoms with Crippen LogP contribution in [0.5, 0.6) is 0 Å². The van der Waals surface area contributed by atoms with Crippen LogP contribution in [0.2, 0.25) is 0 Å². The quantitative estimate of drug-likeness (QED) is 0.0262. The number of ether oxygens (including phenoxy) is 3. The molecule has 0 aliphatic carbocycles. The van der Waals surface area contributed by atoms with E-state index in [-0.39, 0.29) is 37.5 Å². The molecule has 0 amide bonds. The summed E-state index contributed by atoms with van der Waals surface area (Å²) in [6, 6.07) is 0. The van der Waals surface area contributed by atoms with E-state index in [1.165, 1.54) is 167 Å². The molecule has 0 saturated heterocycles. The van der Waals surface area contributed by atoms with Gasteiger partial charge in [0.2, 0.25) is 0 Å². The van der Waals surface area contributed by atoms with Crippen molar-refractivity contribution in [2.75, 3.05) is 13.2 Å². The monoisotopic (exact) mass is 883 g/mol. The molecule has 0 aromatic carbocycles. The lowest BCUT2D eigenvalue weighted by molar-refractivity contribution is -0.167. The zero-order valence-electron chi connectivity index (χ0n) is 41.8. The van der Waals surface area contributed by atoms with Gasteiger partial charge in [-0.1, -0.05) is 223 Å². The van der Waals surface area contributed by atoms with Gasteiger partial charge in [-0.25, -0.2) is 0 Å². The molecule has 0 aliphatic rings. The second-order valence-corrected chi connectivity index (χ2v) is 18.1. The lowest BCUT2D eigenvalue weighted by Gasteiger charge is -2.18. The van der Waals surface area contributed by atoms with Crippen molar-refractivity contribution in [2.24, 2.45) is 0 Å². The minimum absolute atomic E-state index is 0.0875. The van der Waals surface area contributed by atoms with Crippen LogP contribution < -0.4 is 0 Å². The summed E-state index contributed by atoms with van der Waals surface area (Å²) >= 11 is 0. The third-order valence-electron chi connectivity index (χ3n) is 11.8. The Kier molecular flexibility index (Phi) is 49.8. The van der Waals surface area contributed by atoms with Crippen molar-refractivity contribution >= 4 is 17.9 Å². The van der Waals surface area contributed by atoms with Crippen LogP contribution in [0, 0.1) is 0 Å². The topological polar surface area (TPSA) is 78.9 Å². The van der Waals surface area contributed by atoms with Crippen molar-refractivity contribution < 1.29 is 28.6 Å². The second kappa shape index (κ2) is 52.0. The molecule has 0 heterocycles. The number of hydrogen-bond donors (Lipinski definition) is 0. The van der Waals surface area contributed by atoms with Gasteiger partial charge in [0, 0.05) is 19.3 Å². The van der Waals surface area contributed by atoms with Gasteiger partial charge < -0.3 is 14.2 Å². The third-order valence-corrected chi connectivity index (χ3v) is 11.8. The van der Waals surface area contributed by atoms with Crippen LogP contribution in [-0.2, 0) is 28.6 Å². The highest BCUT2D eigenvalue weighted by Gasteiger charge is 2.19. The Bertz CT molecular complexity index is 1110. The molecule has 6 nitrogen and oxygen atoms in total. The van der Waals surface area contributed by atoms with E-state index in [1.54, 1.807) is 0 Å². The van der Waals surface area contributed by atoms with E-state index in [9.17, 15) is 14.4 Å². The average Bonchev–Trinajstić information content (AvgIpc) is 3.28. The van der Waals surface area contributed by atoms with E-state index >= 15 is 0 Å². The Hall–Kier alpha value is -2.63. The summed E-state index contributed by atoms with van der Waals surface area (Å²) in [5, 5.41) is 0. The summed E-state index contributed by atoms with van der Waals surface area (Å²) in [4.78, 5) is 38.0. The third kappa shape index (κ3) is 50.2. The van der Waals surface area contributed by atoms with Gasteiger partial charge in [-0.15, -0.1) is 0 Å². The van der Waals surface area contributed by atoms with Crippen LogP contribution in [0.15, 0.2) is 48.6 Å². The highest BCUT2D eigenvalue weighted by atomic mass is 16.6. The first kappa shape index (κ1) is 60.4. The van der Waals surface area contributed by atoms with Crippen LogP contribution >= 0.6 is 0 Å². The van der Waals surface area contributed by atoms with E-state index in [2.05, 4.69) is 69.4 Å². The Morgan fingerprint density at radius 1 is 0.317 bits per heavy atom. The molecule has 0 rings (SSSR count). The zero-order valence-corrected chi connectivity index (χ0v) is 41.8. The van der Waals surface area contributed by atoms with Crippen molar-refractivity contribution in [3.63, 3.8) is 0 Å². The van der Waals surface area contributed by atoms with Gasteiger partial charge in [0.05, 0.1) is 0 Å². The number of carbonyl (C=O) groups excluding carboxylic acids is 3. The second-order valence-electron chi connectivity index (χ2n) is 18.1. The zero-order chi connectivity index (χ0) is 45.8. The smallest absolute Gasteiger partial charge is 0.306 e. The minimum Gasteiger partial charge on any atom is -0.462 e. The molecular weight excluding hydrogens is 781 g/mol. The molecule has 0 unspecified atom stereocenters. The van der Waals surface area contributed by atoms with Crippen LogP contribution in [0.1, 0.15) is 278 Å². The van der Waals surface area contributed by atoms with Gasteiger partial charge in [-0.05, 0) is 83.5 Å². The predicted molar refractivity (Wildman–Crippen MR) is 270 cm³/mol. The molecular formula is C57H102O6. The number of unbranched alkanes of at least 4 members (excludes halogenated alkanes) is 30. The number of allylic oxidation sites excluding steroid dienone is 8. The Morgan fingerprint density at radius 3 is 0.968 bits per heavy atom. The van der Waals surface area contributed by atoms with Gasteiger partial charge in [0.1, 0.15) is 13.2 Å². The van der Waals surface area contributed by atoms with E-state index in [0.29, 0.717) is 19.3 Å². The minimum atomic E-state index is -0.791. The normalized spacial score (nSPS) is 12.4. The Morgan fingerprint density at radius 2 is 0.571 bits per heavy atom.